The Balaban J connectivity index is 0.000000160. The minimum absolute atomic E-state index is 0.777. The molecule has 1 nitrogen and oxygen atoms in total. The Morgan fingerprint density at radius 1 is 0.500 bits per heavy atom. The molecule has 0 radical (unpaired) electrons. The van der Waals surface area contributed by atoms with E-state index < -0.39 is 0 Å². The van der Waals surface area contributed by atoms with E-state index in [1.807, 2.05) is 42.5 Å². The third-order valence-electron chi connectivity index (χ3n) is 2.86. The predicted octanol–water partition coefficient (Wildman–Crippen LogP) is 3.97. The second-order valence-corrected chi connectivity index (χ2v) is 4.66. The summed E-state index contributed by atoms with van der Waals surface area (Å²) in [6.07, 6.45) is 0. The molecule has 0 aromatic heterocycles. The first kappa shape index (κ1) is 14.4. The summed E-state index contributed by atoms with van der Waals surface area (Å²) in [5.41, 5.74) is 2.55. The standard InChI is InChI=1S/C12H10.C6H6O.Al.2H/c1-3-7-11(8-4-1)12-9-5-2-6-10-12;7-6-4-2-1-3-5-6;;;/h1-10H;1-5,7H;;;/q;;+1;;/p-1. The molecule has 0 fully saturated rings. The van der Waals surface area contributed by atoms with Crippen molar-refractivity contribution < 1.29 is 3.79 Å². The summed E-state index contributed by atoms with van der Waals surface area (Å²) < 4.78 is 5.05. The lowest BCUT2D eigenvalue weighted by molar-refractivity contribution is 0.616. The van der Waals surface area contributed by atoms with Gasteiger partial charge >= 0.3 is 16.6 Å². The summed E-state index contributed by atoms with van der Waals surface area (Å²) in [5.74, 6) is 0.971. The lowest BCUT2D eigenvalue weighted by Gasteiger charge is -1.98. The molecule has 0 saturated carbocycles. The first-order chi connectivity index (χ1) is 9.90. The van der Waals surface area contributed by atoms with Crippen LogP contribution in [0.5, 0.6) is 5.75 Å². The van der Waals surface area contributed by atoms with Crippen molar-refractivity contribution in [3.63, 3.8) is 0 Å². The Bertz CT molecular complexity index is 557. The van der Waals surface area contributed by atoms with Crippen molar-refractivity contribution in [1.82, 2.24) is 0 Å². The van der Waals surface area contributed by atoms with Gasteiger partial charge in [-0.3, -0.25) is 0 Å². The molecule has 2 heteroatoms. The Hall–Kier alpha value is -2.01. The largest absolute Gasteiger partial charge is 0.647 e. The van der Waals surface area contributed by atoms with Crippen LogP contribution in [-0.4, -0.2) is 16.6 Å². The summed E-state index contributed by atoms with van der Waals surface area (Å²) >= 11 is 0.777. The minimum Gasteiger partial charge on any atom is -0.647 e. The molecule has 98 valence electrons. The van der Waals surface area contributed by atoms with Gasteiger partial charge in [0.15, 0.2) is 0 Å². The van der Waals surface area contributed by atoms with E-state index in [1.165, 1.54) is 11.1 Å². The number of benzene rings is 3. The molecular formula is C18H17AlO. The first-order valence-corrected chi connectivity index (χ1v) is 7.41. The van der Waals surface area contributed by atoms with E-state index in [4.69, 9.17) is 3.79 Å². The average molecular weight is 276 g/mol. The van der Waals surface area contributed by atoms with Crippen LogP contribution in [-0.2, 0) is 0 Å². The van der Waals surface area contributed by atoms with E-state index in [2.05, 4.69) is 48.5 Å². The molecule has 3 aromatic carbocycles. The molecule has 0 aliphatic heterocycles. The Kier molecular flexibility index (Phi) is 5.92. The van der Waals surface area contributed by atoms with E-state index >= 15 is 0 Å². The van der Waals surface area contributed by atoms with Crippen LogP contribution in [0, 0.1) is 0 Å². The molecule has 20 heavy (non-hydrogen) atoms. The lowest BCUT2D eigenvalue weighted by Crippen LogP contribution is -1.81. The SMILES string of the molecule is [AlH2][O]c1ccccc1.c1ccc(-c2ccccc2)cc1. The highest BCUT2D eigenvalue weighted by Gasteiger charge is 1.91. The van der Waals surface area contributed by atoms with Crippen molar-refractivity contribution in [3.05, 3.63) is 91.0 Å². The van der Waals surface area contributed by atoms with Crippen molar-refractivity contribution in [1.29, 1.82) is 0 Å². The molecule has 0 N–H and O–H groups in total. The van der Waals surface area contributed by atoms with Crippen LogP contribution in [0.25, 0.3) is 11.1 Å². The zero-order chi connectivity index (χ0) is 14.0. The second kappa shape index (κ2) is 8.22. The fourth-order valence-electron chi connectivity index (χ4n) is 1.82. The van der Waals surface area contributed by atoms with Crippen molar-refractivity contribution in [2.45, 2.75) is 0 Å². The Labute approximate surface area is 128 Å². The summed E-state index contributed by atoms with van der Waals surface area (Å²) in [7, 11) is 0. The van der Waals surface area contributed by atoms with Crippen LogP contribution < -0.4 is 3.79 Å². The van der Waals surface area contributed by atoms with Gasteiger partial charge in [-0.25, -0.2) is 0 Å². The maximum Gasteiger partial charge on any atom is 0.496 e. The molecular weight excluding hydrogens is 259 g/mol. The third-order valence-corrected chi connectivity index (χ3v) is 3.33. The van der Waals surface area contributed by atoms with Gasteiger partial charge in [-0.1, -0.05) is 78.9 Å². The van der Waals surface area contributed by atoms with Gasteiger partial charge in [-0.15, -0.1) is 0 Å². The lowest BCUT2D eigenvalue weighted by atomic mass is 10.1. The van der Waals surface area contributed by atoms with Crippen molar-refractivity contribution in [2.24, 2.45) is 0 Å². The van der Waals surface area contributed by atoms with E-state index in [1.54, 1.807) is 0 Å². The van der Waals surface area contributed by atoms with E-state index in [0.717, 1.165) is 22.4 Å². The minimum atomic E-state index is 0.777. The third kappa shape index (κ3) is 4.59. The van der Waals surface area contributed by atoms with Crippen LogP contribution in [0.1, 0.15) is 0 Å². The predicted molar refractivity (Wildman–Crippen MR) is 87.5 cm³/mol. The number of para-hydroxylation sites is 1. The van der Waals surface area contributed by atoms with Crippen LogP contribution in [0.3, 0.4) is 0 Å². The molecule has 0 bridgehead atoms. The highest BCUT2D eigenvalue weighted by Crippen LogP contribution is 2.17. The van der Waals surface area contributed by atoms with E-state index in [9.17, 15) is 0 Å². The van der Waals surface area contributed by atoms with Gasteiger partial charge in [0.05, 0.1) is 5.75 Å². The topological polar surface area (TPSA) is 9.23 Å². The van der Waals surface area contributed by atoms with Gasteiger partial charge in [0.1, 0.15) is 0 Å². The van der Waals surface area contributed by atoms with Crippen LogP contribution >= 0.6 is 0 Å². The second-order valence-electron chi connectivity index (χ2n) is 4.25. The summed E-state index contributed by atoms with van der Waals surface area (Å²) in [6.45, 7) is 0. The first-order valence-electron chi connectivity index (χ1n) is 6.59. The van der Waals surface area contributed by atoms with E-state index in [0.29, 0.717) is 0 Å². The maximum absolute atomic E-state index is 5.05. The zero-order valence-electron chi connectivity index (χ0n) is 11.6. The quantitative estimate of drug-likeness (QED) is 0.644. The maximum atomic E-state index is 5.05. The van der Waals surface area contributed by atoms with Crippen LogP contribution in [0.2, 0.25) is 0 Å². The molecule has 3 aromatic rings. The van der Waals surface area contributed by atoms with Gasteiger partial charge in [0.25, 0.3) is 0 Å². The smallest absolute Gasteiger partial charge is 0.496 e. The van der Waals surface area contributed by atoms with Gasteiger partial charge in [-0.2, -0.15) is 0 Å². The summed E-state index contributed by atoms with van der Waals surface area (Å²) in [5, 5.41) is 0. The summed E-state index contributed by atoms with van der Waals surface area (Å²) in [4.78, 5) is 0. The van der Waals surface area contributed by atoms with Crippen molar-refractivity contribution in [3.8, 4) is 16.9 Å². The molecule has 0 spiro atoms. The Morgan fingerprint density at radius 3 is 1.15 bits per heavy atom. The molecule has 0 amide bonds. The number of hydrogen-bond donors (Lipinski definition) is 0. The fourth-order valence-corrected chi connectivity index (χ4v) is 2.09. The van der Waals surface area contributed by atoms with Gasteiger partial charge in [0, 0.05) is 0 Å². The van der Waals surface area contributed by atoms with Gasteiger partial charge in [0.2, 0.25) is 0 Å². The molecule has 0 heterocycles. The van der Waals surface area contributed by atoms with Crippen molar-refractivity contribution in [2.75, 3.05) is 0 Å². The zero-order valence-corrected chi connectivity index (χ0v) is 13.6. The Morgan fingerprint density at radius 2 is 0.850 bits per heavy atom. The number of hydrogen-bond acceptors (Lipinski definition) is 1. The average Bonchev–Trinajstić information content (AvgIpc) is 2.58. The molecule has 0 aliphatic carbocycles. The molecule has 0 unspecified atom stereocenters. The highest BCUT2D eigenvalue weighted by molar-refractivity contribution is 5.99. The van der Waals surface area contributed by atoms with Crippen molar-refractivity contribution >= 4 is 16.6 Å². The monoisotopic (exact) mass is 276 g/mol. The van der Waals surface area contributed by atoms with Gasteiger partial charge < -0.3 is 3.79 Å². The molecule has 0 atom stereocenters. The normalized spacial score (nSPS) is 9.20. The summed E-state index contributed by atoms with van der Waals surface area (Å²) in [6, 6.07) is 30.6. The van der Waals surface area contributed by atoms with Crippen LogP contribution in [0.4, 0.5) is 0 Å². The molecule has 0 saturated heterocycles. The van der Waals surface area contributed by atoms with E-state index in [-0.39, 0.29) is 0 Å². The highest BCUT2D eigenvalue weighted by atomic mass is 27.1. The molecule has 3 rings (SSSR count). The van der Waals surface area contributed by atoms with Gasteiger partial charge in [-0.05, 0) is 23.3 Å². The fraction of sp³-hybridized carbons (Fsp3) is 0. The van der Waals surface area contributed by atoms with Crippen LogP contribution in [0.15, 0.2) is 91.0 Å². The number of rotatable bonds is 2. The molecule has 0 aliphatic rings.